The summed E-state index contributed by atoms with van der Waals surface area (Å²) in [5, 5.41) is 2.88. The Labute approximate surface area is 174 Å². The molecule has 158 valence electrons. The molecular formula is C24H33NO4. The molecule has 0 aromatic heterocycles. The number of carbonyl (C=O) groups excluding carboxylic acids is 1. The number of anilines is 1. The van der Waals surface area contributed by atoms with Gasteiger partial charge in [-0.1, -0.05) is 39.8 Å². The monoisotopic (exact) mass is 399 g/mol. The van der Waals surface area contributed by atoms with E-state index < -0.39 is 0 Å². The number of ether oxygens (including phenoxy) is 3. The Morgan fingerprint density at radius 2 is 1.59 bits per heavy atom. The average Bonchev–Trinajstić information content (AvgIpc) is 2.69. The van der Waals surface area contributed by atoms with Crippen molar-refractivity contribution >= 4 is 11.6 Å². The van der Waals surface area contributed by atoms with Crippen molar-refractivity contribution < 1.29 is 19.0 Å². The Hall–Kier alpha value is -2.69. The van der Waals surface area contributed by atoms with E-state index in [1.807, 2.05) is 32.0 Å². The Morgan fingerprint density at radius 3 is 2.24 bits per heavy atom. The highest BCUT2D eigenvalue weighted by Crippen LogP contribution is 2.31. The van der Waals surface area contributed by atoms with Crippen LogP contribution in [0.2, 0.25) is 0 Å². The molecule has 0 saturated carbocycles. The Bertz CT molecular complexity index is 801. The van der Waals surface area contributed by atoms with Crippen LogP contribution in [0.4, 0.5) is 5.69 Å². The van der Waals surface area contributed by atoms with Gasteiger partial charge in [0.2, 0.25) is 0 Å². The highest BCUT2D eigenvalue weighted by Gasteiger charge is 2.12. The van der Waals surface area contributed by atoms with Crippen molar-refractivity contribution in [1.29, 1.82) is 0 Å². The van der Waals surface area contributed by atoms with E-state index in [2.05, 4.69) is 38.2 Å². The van der Waals surface area contributed by atoms with E-state index in [4.69, 9.17) is 14.2 Å². The fourth-order valence-corrected chi connectivity index (χ4v) is 2.83. The molecule has 0 fully saturated rings. The minimum atomic E-state index is -0.218. The first-order valence-corrected chi connectivity index (χ1v) is 10.4. The summed E-state index contributed by atoms with van der Waals surface area (Å²) in [6.45, 7) is 11.5. The molecule has 0 aliphatic heterocycles. The number of carbonyl (C=O) groups is 1. The second kappa shape index (κ2) is 11.3. The molecule has 0 saturated heterocycles. The predicted molar refractivity (Wildman–Crippen MR) is 117 cm³/mol. The molecule has 5 nitrogen and oxygen atoms in total. The third kappa shape index (κ3) is 7.00. The molecule has 0 bridgehead atoms. The lowest BCUT2D eigenvalue weighted by molar-refractivity contribution is -0.118. The van der Waals surface area contributed by atoms with E-state index in [0.717, 1.165) is 29.7 Å². The number of aryl methyl sites for hydroxylation is 1. The first-order chi connectivity index (χ1) is 13.9. The molecule has 0 atom stereocenters. The van der Waals surface area contributed by atoms with Crippen molar-refractivity contribution in [2.75, 3.05) is 25.1 Å². The maximum Gasteiger partial charge on any atom is 0.262 e. The molecule has 5 heteroatoms. The van der Waals surface area contributed by atoms with Gasteiger partial charge in [0.1, 0.15) is 5.75 Å². The molecule has 1 amide bonds. The maximum absolute atomic E-state index is 12.4. The quantitative estimate of drug-likeness (QED) is 0.525. The minimum Gasteiger partial charge on any atom is -0.490 e. The van der Waals surface area contributed by atoms with Crippen LogP contribution in [-0.2, 0) is 4.79 Å². The van der Waals surface area contributed by atoms with Crippen LogP contribution in [0.5, 0.6) is 17.2 Å². The van der Waals surface area contributed by atoms with Crippen molar-refractivity contribution in [2.45, 2.75) is 53.4 Å². The first-order valence-electron chi connectivity index (χ1n) is 10.4. The molecular weight excluding hydrogens is 366 g/mol. The fraction of sp³-hybridized carbons (Fsp3) is 0.458. The van der Waals surface area contributed by atoms with Crippen LogP contribution in [0.3, 0.4) is 0 Å². The number of nitrogens with one attached hydrogen (secondary N) is 1. The molecule has 0 aliphatic rings. The van der Waals surface area contributed by atoms with Crippen molar-refractivity contribution in [2.24, 2.45) is 0 Å². The molecule has 2 aromatic carbocycles. The SMILES string of the molecule is CCCOc1ccc(NC(=O)COc2cc(C)ccc2C(C)C)cc1OCCC. The number of benzene rings is 2. The van der Waals surface area contributed by atoms with Gasteiger partial charge >= 0.3 is 0 Å². The van der Waals surface area contributed by atoms with Gasteiger partial charge in [-0.3, -0.25) is 4.79 Å². The summed E-state index contributed by atoms with van der Waals surface area (Å²) >= 11 is 0. The minimum absolute atomic E-state index is 0.0532. The van der Waals surface area contributed by atoms with E-state index in [-0.39, 0.29) is 12.5 Å². The van der Waals surface area contributed by atoms with Gasteiger partial charge in [-0.15, -0.1) is 0 Å². The summed E-state index contributed by atoms with van der Waals surface area (Å²) in [4.78, 5) is 12.4. The average molecular weight is 400 g/mol. The smallest absolute Gasteiger partial charge is 0.262 e. The van der Waals surface area contributed by atoms with Crippen LogP contribution in [-0.4, -0.2) is 25.7 Å². The van der Waals surface area contributed by atoms with Crippen LogP contribution in [0.1, 0.15) is 57.6 Å². The zero-order chi connectivity index (χ0) is 21.2. The summed E-state index contributed by atoms with van der Waals surface area (Å²) in [6.07, 6.45) is 1.81. The van der Waals surface area contributed by atoms with Crippen molar-refractivity contribution in [1.82, 2.24) is 0 Å². The summed E-state index contributed by atoms with van der Waals surface area (Å²) < 4.78 is 17.3. The number of rotatable bonds is 11. The van der Waals surface area contributed by atoms with Crippen LogP contribution in [0, 0.1) is 6.92 Å². The van der Waals surface area contributed by atoms with E-state index in [0.29, 0.717) is 36.3 Å². The topological polar surface area (TPSA) is 56.8 Å². The maximum atomic E-state index is 12.4. The summed E-state index contributed by atoms with van der Waals surface area (Å²) in [5.74, 6) is 2.19. The van der Waals surface area contributed by atoms with Gasteiger partial charge in [0.05, 0.1) is 13.2 Å². The number of hydrogen-bond acceptors (Lipinski definition) is 4. The zero-order valence-corrected chi connectivity index (χ0v) is 18.2. The van der Waals surface area contributed by atoms with E-state index in [1.165, 1.54) is 0 Å². The Kier molecular flexibility index (Phi) is 8.84. The fourth-order valence-electron chi connectivity index (χ4n) is 2.83. The van der Waals surface area contributed by atoms with Gasteiger partial charge in [0, 0.05) is 11.8 Å². The molecule has 2 rings (SSSR count). The number of amides is 1. The Balaban J connectivity index is 2.04. The van der Waals surface area contributed by atoms with Crippen LogP contribution < -0.4 is 19.5 Å². The summed E-state index contributed by atoms with van der Waals surface area (Å²) in [5.41, 5.74) is 2.85. The lowest BCUT2D eigenvalue weighted by Gasteiger charge is -2.16. The highest BCUT2D eigenvalue weighted by molar-refractivity contribution is 5.92. The molecule has 1 N–H and O–H groups in total. The largest absolute Gasteiger partial charge is 0.490 e. The lowest BCUT2D eigenvalue weighted by Crippen LogP contribution is -2.20. The molecule has 0 unspecified atom stereocenters. The van der Waals surface area contributed by atoms with E-state index >= 15 is 0 Å². The van der Waals surface area contributed by atoms with Crippen LogP contribution in [0.15, 0.2) is 36.4 Å². The molecule has 0 heterocycles. The third-order valence-corrected chi connectivity index (χ3v) is 4.30. The summed E-state index contributed by atoms with van der Waals surface area (Å²) in [7, 11) is 0. The van der Waals surface area contributed by atoms with Gasteiger partial charge in [-0.05, 0) is 55.0 Å². The standard InChI is InChI=1S/C24H33NO4/c1-6-12-27-21-11-9-19(15-23(21)28-13-7-2)25-24(26)16-29-22-14-18(5)8-10-20(22)17(3)4/h8-11,14-15,17H,6-7,12-13,16H2,1-5H3,(H,25,26). The molecule has 0 radical (unpaired) electrons. The van der Waals surface area contributed by atoms with E-state index in [9.17, 15) is 4.79 Å². The highest BCUT2D eigenvalue weighted by atomic mass is 16.5. The third-order valence-electron chi connectivity index (χ3n) is 4.30. The molecule has 0 spiro atoms. The Morgan fingerprint density at radius 1 is 0.897 bits per heavy atom. The van der Waals surface area contributed by atoms with Crippen LogP contribution in [0.25, 0.3) is 0 Å². The normalized spacial score (nSPS) is 10.7. The van der Waals surface area contributed by atoms with Crippen molar-refractivity contribution in [3.05, 3.63) is 47.5 Å². The molecule has 29 heavy (non-hydrogen) atoms. The van der Waals surface area contributed by atoms with Crippen molar-refractivity contribution in [3.63, 3.8) is 0 Å². The number of hydrogen-bond donors (Lipinski definition) is 1. The first kappa shape index (κ1) is 22.6. The van der Waals surface area contributed by atoms with Gasteiger partial charge in [0.15, 0.2) is 18.1 Å². The second-order valence-electron chi connectivity index (χ2n) is 7.39. The van der Waals surface area contributed by atoms with Gasteiger partial charge in [0.25, 0.3) is 5.91 Å². The van der Waals surface area contributed by atoms with Crippen LogP contribution >= 0.6 is 0 Å². The summed E-state index contributed by atoms with van der Waals surface area (Å²) in [6, 6.07) is 11.5. The predicted octanol–water partition coefficient (Wildman–Crippen LogP) is 5.71. The van der Waals surface area contributed by atoms with Gasteiger partial charge in [-0.25, -0.2) is 0 Å². The van der Waals surface area contributed by atoms with Gasteiger partial charge in [-0.2, -0.15) is 0 Å². The second-order valence-corrected chi connectivity index (χ2v) is 7.39. The van der Waals surface area contributed by atoms with Gasteiger partial charge < -0.3 is 19.5 Å². The molecule has 2 aromatic rings. The molecule has 0 aliphatic carbocycles. The van der Waals surface area contributed by atoms with Crippen molar-refractivity contribution in [3.8, 4) is 17.2 Å². The lowest BCUT2D eigenvalue weighted by atomic mass is 10.0. The van der Waals surface area contributed by atoms with E-state index in [1.54, 1.807) is 6.07 Å². The zero-order valence-electron chi connectivity index (χ0n) is 18.2.